The number of rotatable bonds is 4. The number of halogens is 1. The summed E-state index contributed by atoms with van der Waals surface area (Å²) < 4.78 is 0. The van der Waals surface area contributed by atoms with Crippen LogP contribution in [0, 0.1) is 6.92 Å². The maximum absolute atomic E-state index is 11.6. The molecule has 0 spiro atoms. The predicted octanol–water partition coefficient (Wildman–Crippen LogP) is 1.81. The van der Waals surface area contributed by atoms with Gasteiger partial charge < -0.3 is 5.32 Å². The molecule has 15 heavy (non-hydrogen) atoms. The minimum absolute atomic E-state index is 0.130. The molecule has 0 aliphatic rings. The van der Waals surface area contributed by atoms with Gasteiger partial charge in [0.25, 0.3) is 0 Å². The molecule has 1 aromatic rings. The quantitative estimate of drug-likeness (QED) is 0.825. The molecule has 0 unspecified atom stereocenters. The number of Topliss-reactive ketones (excluding diaryl/α,β-unsaturated/α-hetero) is 1. The Hall–Kier alpha value is -0.940. The first-order chi connectivity index (χ1) is 7.04. The summed E-state index contributed by atoms with van der Waals surface area (Å²) in [7, 11) is 1.54. The molecule has 6 heteroatoms. The van der Waals surface area contributed by atoms with Crippen molar-refractivity contribution in [3.63, 3.8) is 0 Å². The number of carbonyl (C=O) groups is 2. The molecule has 0 aliphatic heterocycles. The first-order valence-electron chi connectivity index (χ1n) is 4.41. The van der Waals surface area contributed by atoms with Gasteiger partial charge in [-0.1, -0.05) is 11.6 Å². The van der Waals surface area contributed by atoms with E-state index >= 15 is 0 Å². The predicted molar refractivity (Wildman–Crippen MR) is 59.5 cm³/mol. The Balaban J connectivity index is 2.61. The molecule has 0 aromatic carbocycles. The highest BCUT2D eigenvalue weighted by atomic mass is 35.5. The summed E-state index contributed by atoms with van der Waals surface area (Å²) in [4.78, 5) is 26.9. The van der Waals surface area contributed by atoms with Gasteiger partial charge in [0.1, 0.15) is 4.88 Å². The number of aryl methyl sites for hydroxylation is 1. The molecule has 0 radical (unpaired) electrons. The molecule has 0 bridgehead atoms. The number of ketones is 1. The van der Waals surface area contributed by atoms with Crippen molar-refractivity contribution in [2.45, 2.75) is 19.8 Å². The Morgan fingerprint density at radius 3 is 2.60 bits per heavy atom. The molecule has 0 saturated carbocycles. The molecule has 4 nitrogen and oxygen atoms in total. The standard InChI is InChI=1S/C9H11ClN2O2S/c1-5-12-9(10)8(15-5)6(13)3-4-7(14)11-2/h3-4H2,1-2H3,(H,11,14). The number of carbonyl (C=O) groups excluding carboxylic acids is 2. The van der Waals surface area contributed by atoms with E-state index in [1.165, 1.54) is 18.4 Å². The van der Waals surface area contributed by atoms with Crippen molar-refractivity contribution in [2.75, 3.05) is 7.05 Å². The topological polar surface area (TPSA) is 59.1 Å². The zero-order valence-corrected chi connectivity index (χ0v) is 10.0. The third-order valence-electron chi connectivity index (χ3n) is 1.80. The first kappa shape index (κ1) is 12.1. The van der Waals surface area contributed by atoms with Gasteiger partial charge in [0.15, 0.2) is 10.9 Å². The summed E-state index contributed by atoms with van der Waals surface area (Å²) in [5, 5.41) is 3.44. The van der Waals surface area contributed by atoms with Gasteiger partial charge in [-0.05, 0) is 6.92 Å². The molecule has 1 amide bonds. The molecule has 1 rings (SSSR count). The Labute approximate surface area is 96.7 Å². The van der Waals surface area contributed by atoms with Crippen molar-refractivity contribution in [1.29, 1.82) is 0 Å². The fraction of sp³-hybridized carbons (Fsp3) is 0.444. The van der Waals surface area contributed by atoms with E-state index in [4.69, 9.17) is 11.6 Å². The number of hydrogen-bond acceptors (Lipinski definition) is 4. The lowest BCUT2D eigenvalue weighted by Gasteiger charge is -1.97. The molecule has 1 N–H and O–H groups in total. The maximum atomic E-state index is 11.6. The van der Waals surface area contributed by atoms with Crippen LogP contribution in [-0.4, -0.2) is 23.7 Å². The molecule has 0 fully saturated rings. The number of nitrogens with one attached hydrogen (secondary N) is 1. The normalized spacial score (nSPS) is 10.1. The average molecular weight is 247 g/mol. The molecule has 1 heterocycles. The minimum Gasteiger partial charge on any atom is -0.359 e. The molecule has 0 atom stereocenters. The third-order valence-corrected chi connectivity index (χ3v) is 3.20. The Bertz CT molecular complexity index is 389. The first-order valence-corrected chi connectivity index (χ1v) is 5.60. The number of hydrogen-bond donors (Lipinski definition) is 1. The van der Waals surface area contributed by atoms with E-state index in [0.29, 0.717) is 4.88 Å². The molecule has 0 saturated heterocycles. The van der Waals surface area contributed by atoms with Gasteiger partial charge in [0.2, 0.25) is 5.91 Å². The van der Waals surface area contributed by atoms with E-state index in [1.54, 1.807) is 6.92 Å². The number of aromatic nitrogens is 1. The average Bonchev–Trinajstić information content (AvgIpc) is 2.53. The highest BCUT2D eigenvalue weighted by molar-refractivity contribution is 7.14. The van der Waals surface area contributed by atoms with Crippen molar-refractivity contribution in [3.8, 4) is 0 Å². The second-order valence-electron chi connectivity index (χ2n) is 2.95. The smallest absolute Gasteiger partial charge is 0.220 e. The molecule has 0 aliphatic carbocycles. The van der Waals surface area contributed by atoms with E-state index in [9.17, 15) is 9.59 Å². The van der Waals surface area contributed by atoms with Crippen LogP contribution < -0.4 is 5.32 Å². The highest BCUT2D eigenvalue weighted by Gasteiger charge is 2.15. The fourth-order valence-corrected chi connectivity index (χ4v) is 2.22. The van der Waals surface area contributed by atoms with Crippen molar-refractivity contribution in [3.05, 3.63) is 15.0 Å². The zero-order chi connectivity index (χ0) is 11.4. The van der Waals surface area contributed by atoms with Gasteiger partial charge in [-0.15, -0.1) is 11.3 Å². The minimum atomic E-state index is -0.152. The number of nitrogens with zero attached hydrogens (tertiary/aromatic N) is 1. The molecule has 1 aromatic heterocycles. The summed E-state index contributed by atoms with van der Waals surface area (Å²) in [5.41, 5.74) is 0. The van der Waals surface area contributed by atoms with Gasteiger partial charge in [-0.25, -0.2) is 4.98 Å². The van der Waals surface area contributed by atoms with Gasteiger partial charge in [-0.3, -0.25) is 9.59 Å². The lowest BCUT2D eigenvalue weighted by molar-refractivity contribution is -0.120. The van der Waals surface area contributed by atoms with Crippen molar-refractivity contribution >= 4 is 34.6 Å². The number of thiazole rings is 1. The second-order valence-corrected chi connectivity index (χ2v) is 4.51. The van der Waals surface area contributed by atoms with Crippen molar-refractivity contribution < 1.29 is 9.59 Å². The van der Waals surface area contributed by atoms with Gasteiger partial charge >= 0.3 is 0 Å². The van der Waals surface area contributed by atoms with E-state index in [0.717, 1.165) is 5.01 Å². The maximum Gasteiger partial charge on any atom is 0.220 e. The van der Waals surface area contributed by atoms with Crippen LogP contribution in [0.5, 0.6) is 0 Å². The van der Waals surface area contributed by atoms with Crippen LogP contribution in [0.25, 0.3) is 0 Å². The van der Waals surface area contributed by atoms with Crippen LogP contribution in [0.4, 0.5) is 0 Å². The molecule has 82 valence electrons. The summed E-state index contributed by atoms with van der Waals surface area (Å²) >= 11 is 7.02. The van der Waals surface area contributed by atoms with E-state index in [1.807, 2.05) is 0 Å². The Morgan fingerprint density at radius 2 is 2.13 bits per heavy atom. The summed E-state index contributed by atoms with van der Waals surface area (Å²) in [6.45, 7) is 1.78. The lowest BCUT2D eigenvalue weighted by atomic mass is 10.2. The fourth-order valence-electron chi connectivity index (χ4n) is 1.04. The van der Waals surface area contributed by atoms with Crippen LogP contribution in [0.3, 0.4) is 0 Å². The molecular formula is C9H11ClN2O2S. The van der Waals surface area contributed by atoms with Crippen molar-refractivity contribution in [1.82, 2.24) is 10.3 Å². The van der Waals surface area contributed by atoms with Crippen LogP contribution in [0.2, 0.25) is 5.15 Å². The van der Waals surface area contributed by atoms with E-state index in [2.05, 4.69) is 10.3 Å². The van der Waals surface area contributed by atoms with E-state index in [-0.39, 0.29) is 29.7 Å². The highest BCUT2D eigenvalue weighted by Crippen LogP contribution is 2.24. The largest absolute Gasteiger partial charge is 0.359 e. The van der Waals surface area contributed by atoms with E-state index < -0.39 is 0 Å². The van der Waals surface area contributed by atoms with Gasteiger partial charge in [-0.2, -0.15) is 0 Å². The van der Waals surface area contributed by atoms with Crippen molar-refractivity contribution in [2.24, 2.45) is 0 Å². The number of amides is 1. The van der Waals surface area contributed by atoms with Crippen LogP contribution >= 0.6 is 22.9 Å². The lowest BCUT2D eigenvalue weighted by Crippen LogP contribution is -2.18. The second kappa shape index (κ2) is 5.23. The Kier molecular flexibility index (Phi) is 4.23. The monoisotopic (exact) mass is 246 g/mol. The SMILES string of the molecule is CNC(=O)CCC(=O)c1sc(C)nc1Cl. The van der Waals surface area contributed by atoms with Crippen LogP contribution in [-0.2, 0) is 4.79 Å². The summed E-state index contributed by atoms with van der Waals surface area (Å²) in [6.07, 6.45) is 0.351. The third kappa shape index (κ3) is 3.28. The summed E-state index contributed by atoms with van der Waals surface area (Å²) in [5.74, 6) is -0.282. The van der Waals surface area contributed by atoms with Gasteiger partial charge in [0.05, 0.1) is 5.01 Å². The molecular weight excluding hydrogens is 236 g/mol. The van der Waals surface area contributed by atoms with Gasteiger partial charge in [0, 0.05) is 19.9 Å². The van der Waals surface area contributed by atoms with Crippen LogP contribution in [0.1, 0.15) is 27.5 Å². The Morgan fingerprint density at radius 1 is 1.47 bits per heavy atom. The summed E-state index contributed by atoms with van der Waals surface area (Å²) in [6, 6.07) is 0. The van der Waals surface area contributed by atoms with Crippen LogP contribution in [0.15, 0.2) is 0 Å². The zero-order valence-electron chi connectivity index (χ0n) is 8.46.